The van der Waals surface area contributed by atoms with Crippen molar-refractivity contribution >= 4 is 27.5 Å². The first-order chi connectivity index (χ1) is 18.7. The van der Waals surface area contributed by atoms with Gasteiger partial charge in [-0.3, -0.25) is 19.0 Å². The van der Waals surface area contributed by atoms with Crippen LogP contribution >= 0.6 is 0 Å². The zero-order valence-electron chi connectivity index (χ0n) is 21.5. The molecule has 0 atom stereocenters. The Balaban J connectivity index is 1.29. The van der Waals surface area contributed by atoms with Gasteiger partial charge in [-0.1, -0.05) is 12.1 Å². The van der Waals surface area contributed by atoms with Crippen molar-refractivity contribution in [3.05, 3.63) is 70.7 Å². The Morgan fingerprint density at radius 2 is 1.97 bits per heavy atom. The summed E-state index contributed by atoms with van der Waals surface area (Å²) < 4.78 is 34.7. The number of carbonyl (C=O) groups excluding carboxylic acids is 2. The fourth-order valence-electron chi connectivity index (χ4n) is 4.75. The number of anilines is 1. The monoisotopic (exact) mass is 549 g/mol. The van der Waals surface area contributed by atoms with Crippen molar-refractivity contribution in [3.8, 4) is 11.9 Å². The molecule has 2 aromatic heterocycles. The molecule has 0 bridgehead atoms. The average Bonchev–Trinajstić information content (AvgIpc) is 3.65. The van der Waals surface area contributed by atoms with Crippen LogP contribution in [0.5, 0.6) is 5.88 Å². The predicted octanol–water partition coefficient (Wildman–Crippen LogP) is 1.60. The Labute approximate surface area is 225 Å². The molecule has 1 aliphatic heterocycles. The average molecular weight is 550 g/mol. The van der Waals surface area contributed by atoms with Crippen molar-refractivity contribution in [3.63, 3.8) is 0 Å². The van der Waals surface area contributed by atoms with Gasteiger partial charge >= 0.3 is 0 Å². The number of methoxy groups -OCH3 is 1. The van der Waals surface area contributed by atoms with Gasteiger partial charge in [-0.05, 0) is 49.1 Å². The van der Waals surface area contributed by atoms with Gasteiger partial charge in [0.15, 0.2) is 5.69 Å². The molecular weight excluding hydrogens is 522 g/mol. The number of rotatable bonds is 9. The molecule has 1 fully saturated rings. The highest BCUT2D eigenvalue weighted by molar-refractivity contribution is 7.94. The maximum atomic E-state index is 13.5. The second kappa shape index (κ2) is 10.0. The van der Waals surface area contributed by atoms with Crippen molar-refractivity contribution in [2.24, 2.45) is 7.05 Å². The number of aromatic nitrogens is 3. The SMILES string of the molecule is COc1ncccc1NS(=O)(=O)C1(CN2CCc3c(C(=O)NCc4ccc(C#N)cc4)nn(C)c3C2=O)CC1. The summed E-state index contributed by atoms with van der Waals surface area (Å²) >= 11 is 0. The highest BCUT2D eigenvalue weighted by Crippen LogP contribution is 2.46. The molecule has 5 rings (SSSR count). The first kappa shape index (κ1) is 26.2. The Morgan fingerprint density at radius 1 is 1.23 bits per heavy atom. The number of fused-ring (bicyclic) bond motifs is 1. The van der Waals surface area contributed by atoms with Gasteiger partial charge in [0.25, 0.3) is 11.8 Å². The van der Waals surface area contributed by atoms with E-state index in [9.17, 15) is 18.0 Å². The normalized spacial score (nSPS) is 15.7. The number of carbonyl (C=O) groups is 2. The molecular formula is C26H27N7O5S. The number of hydrogen-bond acceptors (Lipinski definition) is 8. The first-order valence-electron chi connectivity index (χ1n) is 12.3. The van der Waals surface area contributed by atoms with Crippen LogP contribution in [0, 0.1) is 11.3 Å². The van der Waals surface area contributed by atoms with Gasteiger partial charge in [0, 0.05) is 38.4 Å². The predicted molar refractivity (Wildman–Crippen MR) is 140 cm³/mol. The van der Waals surface area contributed by atoms with Gasteiger partial charge < -0.3 is 15.0 Å². The van der Waals surface area contributed by atoms with E-state index in [1.165, 1.54) is 22.9 Å². The zero-order valence-corrected chi connectivity index (χ0v) is 22.3. The second-order valence-electron chi connectivity index (χ2n) is 9.62. The van der Waals surface area contributed by atoms with Crippen molar-refractivity contribution < 1.29 is 22.7 Å². The van der Waals surface area contributed by atoms with Crippen LogP contribution in [0.2, 0.25) is 0 Å². The lowest BCUT2D eigenvalue weighted by Crippen LogP contribution is -2.47. The smallest absolute Gasteiger partial charge is 0.272 e. The molecule has 1 aliphatic carbocycles. The van der Waals surface area contributed by atoms with Crippen molar-refractivity contribution in [2.45, 2.75) is 30.6 Å². The van der Waals surface area contributed by atoms with E-state index in [0.717, 1.165) is 5.56 Å². The summed E-state index contributed by atoms with van der Waals surface area (Å²) in [6.45, 7) is 0.528. The van der Waals surface area contributed by atoms with Crippen LogP contribution in [0.25, 0.3) is 0 Å². The number of pyridine rings is 1. The van der Waals surface area contributed by atoms with Crippen molar-refractivity contribution in [1.82, 2.24) is 25.0 Å². The molecule has 0 saturated heterocycles. The number of amides is 2. The van der Waals surface area contributed by atoms with Crippen LogP contribution in [-0.2, 0) is 30.0 Å². The molecule has 2 aliphatic rings. The van der Waals surface area contributed by atoms with E-state index in [4.69, 9.17) is 10.00 Å². The first-order valence-corrected chi connectivity index (χ1v) is 13.8. The Kier molecular flexibility index (Phi) is 6.73. The van der Waals surface area contributed by atoms with E-state index in [2.05, 4.69) is 26.2 Å². The minimum Gasteiger partial charge on any atom is -0.480 e. The Hall–Kier alpha value is -4.44. The van der Waals surface area contributed by atoms with E-state index in [0.29, 0.717) is 30.4 Å². The number of ether oxygens (including phenoxy) is 1. The molecule has 13 heteroatoms. The molecule has 0 spiro atoms. The van der Waals surface area contributed by atoms with E-state index in [1.807, 2.05) is 0 Å². The topological polar surface area (TPSA) is 159 Å². The molecule has 2 amide bonds. The van der Waals surface area contributed by atoms with Gasteiger partial charge in [-0.15, -0.1) is 0 Å². The lowest BCUT2D eigenvalue weighted by atomic mass is 10.0. The number of benzene rings is 1. The number of sulfonamides is 1. The molecule has 2 N–H and O–H groups in total. The summed E-state index contributed by atoms with van der Waals surface area (Å²) in [5, 5.41) is 16.1. The van der Waals surface area contributed by atoms with Gasteiger partial charge in [0.1, 0.15) is 16.1 Å². The van der Waals surface area contributed by atoms with Crippen LogP contribution in [-0.4, -0.2) is 64.8 Å². The molecule has 12 nitrogen and oxygen atoms in total. The molecule has 1 saturated carbocycles. The summed E-state index contributed by atoms with van der Waals surface area (Å²) in [6.07, 6.45) is 2.70. The van der Waals surface area contributed by atoms with Gasteiger partial charge in [-0.25, -0.2) is 13.4 Å². The molecule has 3 heterocycles. The maximum absolute atomic E-state index is 13.5. The number of nitrogens with one attached hydrogen (secondary N) is 2. The standard InChI is InChI=1S/C26H27N7O5S/c1-32-22-19(21(30-32)23(34)29-15-18-7-5-17(14-27)6-8-18)9-13-33(25(22)35)16-26(10-11-26)39(36,37)31-20-4-3-12-28-24(20)38-2/h3-8,12,31H,9-11,13,15-16H2,1-2H3,(H,29,34). The third-order valence-corrected chi connectivity index (χ3v) is 9.25. The van der Waals surface area contributed by atoms with Crippen LogP contribution in [0.15, 0.2) is 42.6 Å². The molecule has 39 heavy (non-hydrogen) atoms. The van der Waals surface area contributed by atoms with E-state index in [1.54, 1.807) is 43.4 Å². The molecule has 0 unspecified atom stereocenters. The summed E-state index contributed by atoms with van der Waals surface area (Å²) in [7, 11) is -0.855. The van der Waals surface area contributed by atoms with Crippen LogP contribution in [0.3, 0.4) is 0 Å². The fourth-order valence-corrected chi connectivity index (χ4v) is 6.38. The van der Waals surface area contributed by atoms with Crippen molar-refractivity contribution in [2.75, 3.05) is 24.9 Å². The van der Waals surface area contributed by atoms with Gasteiger partial charge in [-0.2, -0.15) is 10.4 Å². The van der Waals surface area contributed by atoms with Gasteiger partial charge in [0.05, 0.1) is 18.7 Å². The van der Waals surface area contributed by atoms with E-state index in [-0.39, 0.29) is 48.5 Å². The Bertz CT molecular complexity index is 1590. The molecule has 202 valence electrons. The minimum atomic E-state index is -3.86. The number of nitriles is 1. The molecule has 0 radical (unpaired) electrons. The summed E-state index contributed by atoms with van der Waals surface area (Å²) in [6, 6.07) is 12.1. The van der Waals surface area contributed by atoms with Crippen molar-refractivity contribution in [1.29, 1.82) is 5.26 Å². The van der Waals surface area contributed by atoms with E-state index >= 15 is 0 Å². The highest BCUT2D eigenvalue weighted by atomic mass is 32.2. The second-order valence-corrected chi connectivity index (χ2v) is 11.7. The van der Waals surface area contributed by atoms with Crippen LogP contribution in [0.1, 0.15) is 50.5 Å². The minimum absolute atomic E-state index is 0.0224. The molecule has 3 aromatic rings. The van der Waals surface area contributed by atoms with Gasteiger partial charge in [0.2, 0.25) is 15.9 Å². The zero-order chi connectivity index (χ0) is 27.8. The number of nitrogens with zero attached hydrogens (tertiary/aromatic N) is 5. The highest BCUT2D eigenvalue weighted by Gasteiger charge is 2.57. The summed E-state index contributed by atoms with van der Waals surface area (Å²) in [5.41, 5.74) is 2.58. The summed E-state index contributed by atoms with van der Waals surface area (Å²) in [4.78, 5) is 32.0. The van der Waals surface area contributed by atoms with Crippen LogP contribution < -0.4 is 14.8 Å². The summed E-state index contributed by atoms with van der Waals surface area (Å²) in [5.74, 6) is -0.610. The number of aryl methyl sites for hydroxylation is 1. The lowest BCUT2D eigenvalue weighted by Gasteiger charge is -2.31. The fraction of sp³-hybridized carbons (Fsp3) is 0.346. The quantitative estimate of drug-likeness (QED) is 0.407. The lowest BCUT2D eigenvalue weighted by molar-refractivity contribution is 0.0724. The Morgan fingerprint density at radius 3 is 2.64 bits per heavy atom. The number of hydrogen-bond donors (Lipinski definition) is 2. The van der Waals surface area contributed by atoms with E-state index < -0.39 is 20.7 Å². The third-order valence-electron chi connectivity index (χ3n) is 7.08. The maximum Gasteiger partial charge on any atom is 0.272 e. The third kappa shape index (κ3) is 4.90. The molecule has 1 aromatic carbocycles. The largest absolute Gasteiger partial charge is 0.480 e. The van der Waals surface area contributed by atoms with Crippen LogP contribution in [0.4, 0.5) is 5.69 Å².